The second-order valence-electron chi connectivity index (χ2n) is 13.1. The van der Waals surface area contributed by atoms with Gasteiger partial charge >= 0.3 is 6.01 Å². The third kappa shape index (κ3) is 5.06. The molecular formula is C35H37F3N8O2. The zero-order chi connectivity index (χ0) is 33.2. The van der Waals surface area contributed by atoms with Crippen molar-refractivity contribution in [3.8, 4) is 23.0 Å². The van der Waals surface area contributed by atoms with Crippen LogP contribution >= 0.6 is 0 Å². The van der Waals surface area contributed by atoms with Gasteiger partial charge in [-0.15, -0.1) is 0 Å². The quantitative estimate of drug-likeness (QED) is 0.218. The number of benzene rings is 2. The molecule has 2 aromatic carbocycles. The van der Waals surface area contributed by atoms with Gasteiger partial charge in [0.2, 0.25) is 0 Å². The van der Waals surface area contributed by atoms with Gasteiger partial charge in [-0.3, -0.25) is 14.6 Å². The number of aromatic hydroxyl groups is 1. The Labute approximate surface area is 275 Å². The number of alkyl halides is 1. The van der Waals surface area contributed by atoms with Crippen LogP contribution in [-0.2, 0) is 19.5 Å². The van der Waals surface area contributed by atoms with E-state index >= 15 is 8.78 Å². The van der Waals surface area contributed by atoms with Crippen LogP contribution in [0.15, 0.2) is 36.5 Å². The second kappa shape index (κ2) is 11.8. The molecule has 10 nitrogen and oxygen atoms in total. The van der Waals surface area contributed by atoms with E-state index in [2.05, 4.69) is 30.2 Å². The van der Waals surface area contributed by atoms with E-state index in [0.717, 1.165) is 37.3 Å². The smallest absolute Gasteiger partial charge is 0.319 e. The Morgan fingerprint density at radius 2 is 1.98 bits per heavy atom. The molecule has 3 aliphatic rings. The molecule has 0 amide bonds. The molecule has 13 heteroatoms. The number of aromatic nitrogens is 5. The van der Waals surface area contributed by atoms with Crippen LogP contribution < -0.4 is 15.0 Å². The molecule has 0 radical (unpaired) electrons. The van der Waals surface area contributed by atoms with Crippen molar-refractivity contribution in [2.24, 2.45) is 0 Å². The summed E-state index contributed by atoms with van der Waals surface area (Å²) < 4.78 is 54.8. The number of phenols is 1. The number of hydrogen-bond acceptors (Lipinski definition) is 9. The average Bonchev–Trinajstić information content (AvgIpc) is 3.70. The van der Waals surface area contributed by atoms with Crippen molar-refractivity contribution in [2.45, 2.75) is 63.8 Å². The van der Waals surface area contributed by atoms with Crippen LogP contribution in [-0.4, -0.2) is 79.7 Å². The number of nitrogens with one attached hydrogen (secondary N) is 1. The zero-order valence-electron chi connectivity index (χ0n) is 26.9. The number of phenolic OH excluding ortho intramolecular Hbond substituents is 1. The van der Waals surface area contributed by atoms with Crippen LogP contribution in [0.4, 0.5) is 24.8 Å². The predicted octanol–water partition coefficient (Wildman–Crippen LogP) is 5.99. The summed E-state index contributed by atoms with van der Waals surface area (Å²) in [5, 5.41) is 19.8. The molecule has 2 saturated heterocycles. The van der Waals surface area contributed by atoms with Crippen molar-refractivity contribution in [3.63, 3.8) is 0 Å². The van der Waals surface area contributed by atoms with Gasteiger partial charge in [0.1, 0.15) is 47.2 Å². The average molecular weight is 659 g/mol. The molecule has 0 aliphatic carbocycles. The monoisotopic (exact) mass is 658 g/mol. The Morgan fingerprint density at radius 3 is 2.81 bits per heavy atom. The molecule has 0 unspecified atom stereocenters. The summed E-state index contributed by atoms with van der Waals surface area (Å²) in [7, 11) is 1.82. The van der Waals surface area contributed by atoms with E-state index in [9.17, 15) is 9.50 Å². The zero-order valence-corrected chi connectivity index (χ0v) is 26.9. The van der Waals surface area contributed by atoms with Crippen LogP contribution in [0, 0.1) is 11.6 Å². The van der Waals surface area contributed by atoms with Crippen LogP contribution in [0.2, 0.25) is 0 Å². The summed E-state index contributed by atoms with van der Waals surface area (Å²) in [6.07, 6.45) is 3.88. The van der Waals surface area contributed by atoms with Gasteiger partial charge in [-0.2, -0.15) is 15.1 Å². The first-order valence-electron chi connectivity index (χ1n) is 16.6. The number of anilines is 2. The summed E-state index contributed by atoms with van der Waals surface area (Å²) in [5.41, 5.74) is 1.12. The van der Waals surface area contributed by atoms with Crippen molar-refractivity contribution in [2.75, 3.05) is 43.5 Å². The topological polar surface area (TPSA) is 104 Å². The molecule has 8 rings (SSSR count). The first-order valence-corrected chi connectivity index (χ1v) is 16.6. The highest BCUT2D eigenvalue weighted by Crippen LogP contribution is 2.42. The van der Waals surface area contributed by atoms with Gasteiger partial charge in [-0.05, 0) is 66.8 Å². The van der Waals surface area contributed by atoms with Crippen molar-refractivity contribution in [3.05, 3.63) is 59.4 Å². The van der Waals surface area contributed by atoms with Crippen molar-refractivity contribution < 1.29 is 23.0 Å². The molecule has 3 aromatic heterocycles. The second-order valence-corrected chi connectivity index (χ2v) is 13.1. The molecule has 3 aliphatic heterocycles. The number of rotatable bonds is 7. The molecule has 5 aromatic rings. The van der Waals surface area contributed by atoms with E-state index in [1.54, 1.807) is 6.07 Å². The Balaban J connectivity index is 1.28. The van der Waals surface area contributed by atoms with E-state index in [1.807, 2.05) is 24.7 Å². The molecule has 48 heavy (non-hydrogen) atoms. The Morgan fingerprint density at radius 1 is 1.10 bits per heavy atom. The van der Waals surface area contributed by atoms with Gasteiger partial charge in [0.15, 0.2) is 5.82 Å². The maximum atomic E-state index is 17.0. The number of halogens is 3. The number of aryl methyl sites for hydroxylation is 2. The SMILES string of the molecule is CCc1c(F)ccc2cc(O)cc(-c3ncc4c(N5CCCn6nc(NC)cc6C5)nc(OC[C@@]56CCCN5C[C@H](F)C6)nc4c3F)c12. The minimum absolute atomic E-state index is 0.00446. The normalized spacial score (nSPS) is 21.1. The number of fused-ring (bicyclic) bond motifs is 4. The fourth-order valence-electron chi connectivity index (χ4n) is 7.96. The standard InChI is InChI=1S/C35H37F3N8O2/c1-3-24-27(37)7-6-20-12-23(47)14-25(29(20)24)31-30(38)32-26(16-40-31)33(44-9-5-11-46-22(18-44)13-28(39-2)43-46)42-34(41-32)48-19-35-8-4-10-45(35)17-21(36)15-35/h6-7,12-14,16,21,47H,3-5,8-11,15,17-19H2,1-2H3,(H,39,43)/t21-,35+/m1/s1. The highest BCUT2D eigenvalue weighted by molar-refractivity contribution is 6.01. The van der Waals surface area contributed by atoms with Crippen LogP contribution in [0.3, 0.4) is 0 Å². The van der Waals surface area contributed by atoms with E-state index in [0.29, 0.717) is 66.6 Å². The Bertz CT molecular complexity index is 2050. The first kappa shape index (κ1) is 30.7. The molecule has 0 bridgehead atoms. The predicted molar refractivity (Wildman–Crippen MR) is 177 cm³/mol. The lowest BCUT2D eigenvalue weighted by molar-refractivity contribution is 0.107. The van der Waals surface area contributed by atoms with Crippen molar-refractivity contribution >= 4 is 33.3 Å². The van der Waals surface area contributed by atoms with Crippen LogP contribution in [0.5, 0.6) is 11.8 Å². The van der Waals surface area contributed by atoms with E-state index in [-0.39, 0.29) is 35.1 Å². The first-order chi connectivity index (χ1) is 23.3. The van der Waals surface area contributed by atoms with E-state index in [4.69, 9.17) is 9.72 Å². The summed E-state index contributed by atoms with van der Waals surface area (Å²) >= 11 is 0. The molecule has 2 N–H and O–H groups in total. The van der Waals surface area contributed by atoms with Crippen LogP contribution in [0.1, 0.15) is 43.9 Å². The highest BCUT2D eigenvalue weighted by atomic mass is 19.1. The number of ether oxygens (including phenoxy) is 1. The van der Waals surface area contributed by atoms with E-state index in [1.165, 1.54) is 24.4 Å². The van der Waals surface area contributed by atoms with Crippen molar-refractivity contribution in [1.82, 2.24) is 29.6 Å². The van der Waals surface area contributed by atoms with E-state index < -0.39 is 23.3 Å². The maximum Gasteiger partial charge on any atom is 0.319 e. The van der Waals surface area contributed by atoms with Crippen molar-refractivity contribution in [1.29, 1.82) is 0 Å². The van der Waals surface area contributed by atoms with Gasteiger partial charge < -0.3 is 20.1 Å². The molecule has 2 atom stereocenters. The molecule has 2 fully saturated rings. The fourth-order valence-corrected chi connectivity index (χ4v) is 7.96. The van der Waals surface area contributed by atoms with Gasteiger partial charge in [0.05, 0.1) is 23.2 Å². The third-order valence-corrected chi connectivity index (χ3v) is 10.2. The molecule has 0 spiro atoms. The fraction of sp³-hybridized carbons (Fsp3) is 0.429. The lowest BCUT2D eigenvalue weighted by Gasteiger charge is -2.31. The third-order valence-electron chi connectivity index (χ3n) is 10.2. The summed E-state index contributed by atoms with van der Waals surface area (Å²) in [4.78, 5) is 18.2. The largest absolute Gasteiger partial charge is 0.508 e. The molecule has 6 heterocycles. The molecule has 250 valence electrons. The molecular weight excluding hydrogens is 621 g/mol. The summed E-state index contributed by atoms with van der Waals surface area (Å²) in [6, 6.07) is 7.83. The minimum atomic E-state index is -0.924. The number of nitrogens with zero attached hydrogens (tertiary/aromatic N) is 7. The summed E-state index contributed by atoms with van der Waals surface area (Å²) in [5.74, 6) is -0.0228. The van der Waals surface area contributed by atoms with Gasteiger partial charge in [-0.25, -0.2) is 13.2 Å². The lowest BCUT2D eigenvalue weighted by atomic mass is 9.94. The summed E-state index contributed by atoms with van der Waals surface area (Å²) in [6.45, 7) is 4.99. The molecule has 0 saturated carbocycles. The highest BCUT2D eigenvalue weighted by Gasteiger charge is 2.49. The number of pyridine rings is 1. The lowest BCUT2D eigenvalue weighted by Crippen LogP contribution is -2.43. The Kier molecular flexibility index (Phi) is 7.54. The van der Waals surface area contributed by atoms with Gasteiger partial charge in [-0.1, -0.05) is 13.0 Å². The minimum Gasteiger partial charge on any atom is -0.508 e. The van der Waals surface area contributed by atoms with Gasteiger partial charge in [0.25, 0.3) is 0 Å². The Hall–Kier alpha value is -4.65. The maximum absolute atomic E-state index is 17.0. The van der Waals surface area contributed by atoms with Crippen LogP contribution in [0.25, 0.3) is 32.9 Å². The number of hydrogen-bond donors (Lipinski definition) is 2. The van der Waals surface area contributed by atoms with Gasteiger partial charge in [0, 0.05) is 50.9 Å².